The van der Waals surface area contributed by atoms with E-state index in [1.807, 2.05) is 18.2 Å². The average molecular weight is 202 g/mol. The minimum absolute atomic E-state index is 0.487. The number of para-hydroxylation sites is 2. The van der Waals surface area contributed by atoms with Crippen LogP contribution in [0.4, 0.5) is 0 Å². The predicted octanol–water partition coefficient (Wildman–Crippen LogP) is 0.296. The van der Waals surface area contributed by atoms with E-state index in [2.05, 4.69) is 9.98 Å². The molecule has 15 heavy (non-hydrogen) atoms. The van der Waals surface area contributed by atoms with Crippen LogP contribution in [-0.4, -0.2) is 17.1 Å². The lowest BCUT2D eigenvalue weighted by atomic mass is 10.2. The molecule has 1 aliphatic heterocycles. The van der Waals surface area contributed by atoms with Crippen LogP contribution in [0.25, 0.3) is 0 Å². The number of fused-ring (bicyclic) bond motifs is 1. The average Bonchev–Trinajstić information content (AvgIpc) is 2.27. The van der Waals surface area contributed by atoms with Crippen molar-refractivity contribution in [2.24, 2.45) is 9.98 Å². The van der Waals surface area contributed by atoms with E-state index >= 15 is 0 Å². The number of carboxylic acid groups (broad SMARTS) is 1. The van der Waals surface area contributed by atoms with Gasteiger partial charge in [-0.15, -0.1) is 0 Å². The standard InChI is InChI=1S/C11H10N2O2/c1-2-7-10(11(14)15)13-9-6-4-3-5-8(9)12-7/h2-6,10H,1H3,(H,14,15). The lowest BCUT2D eigenvalue weighted by Gasteiger charge is -2.11. The molecule has 76 valence electrons. The van der Waals surface area contributed by atoms with E-state index in [-0.39, 0.29) is 0 Å². The molecule has 0 aromatic heterocycles. The van der Waals surface area contributed by atoms with E-state index in [1.54, 1.807) is 19.1 Å². The smallest absolute Gasteiger partial charge is 0.334 e. The first kappa shape index (κ1) is 9.58. The Kier molecular flexibility index (Phi) is 2.33. The number of hydrogen-bond donors (Lipinski definition) is 1. The summed E-state index contributed by atoms with van der Waals surface area (Å²) < 4.78 is 0. The highest BCUT2D eigenvalue weighted by Gasteiger charge is 2.22. The quantitative estimate of drug-likeness (QED) is 0.711. The summed E-state index contributed by atoms with van der Waals surface area (Å²) in [5, 5.41) is 10.3. The van der Waals surface area contributed by atoms with Gasteiger partial charge in [0.1, 0.15) is 0 Å². The molecule has 4 nitrogen and oxygen atoms in total. The molecule has 0 saturated heterocycles. The van der Waals surface area contributed by atoms with Gasteiger partial charge in [-0.3, -0.25) is 4.99 Å². The highest BCUT2D eigenvalue weighted by molar-refractivity contribution is 5.77. The molecule has 1 aromatic carbocycles. The van der Waals surface area contributed by atoms with E-state index in [4.69, 9.17) is 5.11 Å². The molecule has 0 bridgehead atoms. The van der Waals surface area contributed by atoms with Crippen LogP contribution in [0.2, 0.25) is 0 Å². The number of rotatable bonds is 1. The molecule has 0 aliphatic carbocycles. The van der Waals surface area contributed by atoms with Crippen LogP contribution in [0.15, 0.2) is 46.0 Å². The van der Waals surface area contributed by atoms with Gasteiger partial charge in [0, 0.05) is 0 Å². The topological polar surface area (TPSA) is 62.0 Å². The second kappa shape index (κ2) is 3.65. The molecule has 1 atom stereocenters. The summed E-state index contributed by atoms with van der Waals surface area (Å²) in [5.41, 5.74) is 0.487. The summed E-state index contributed by atoms with van der Waals surface area (Å²) in [6.45, 7) is 1.76. The fourth-order valence-corrected chi connectivity index (χ4v) is 1.48. The lowest BCUT2D eigenvalue weighted by molar-refractivity contribution is -0.137. The number of carbonyl (C=O) groups is 1. The Bertz CT molecular complexity index is 546. The Morgan fingerprint density at radius 2 is 2.07 bits per heavy atom. The Morgan fingerprint density at radius 1 is 1.40 bits per heavy atom. The minimum atomic E-state index is -0.971. The van der Waals surface area contributed by atoms with Crippen molar-refractivity contribution in [2.45, 2.75) is 13.0 Å². The first-order valence-electron chi connectivity index (χ1n) is 4.63. The van der Waals surface area contributed by atoms with Crippen molar-refractivity contribution in [1.82, 2.24) is 0 Å². The van der Waals surface area contributed by atoms with Crippen LogP contribution in [0, 0.1) is 0 Å². The molecule has 0 amide bonds. The Labute approximate surface area is 86.3 Å². The number of benzene rings is 1. The van der Waals surface area contributed by atoms with Crippen LogP contribution in [0.5, 0.6) is 0 Å². The van der Waals surface area contributed by atoms with E-state index in [0.29, 0.717) is 11.1 Å². The SMILES string of the molecule is CC=C1N=c2ccccc2=NC1C(=O)O. The monoisotopic (exact) mass is 202 g/mol. The second-order valence-electron chi connectivity index (χ2n) is 3.18. The van der Waals surface area contributed by atoms with Gasteiger partial charge in [-0.05, 0) is 19.1 Å². The van der Waals surface area contributed by atoms with E-state index in [9.17, 15) is 4.79 Å². The molecule has 0 radical (unpaired) electrons. The normalized spacial score (nSPS) is 21.4. The Balaban J connectivity index is 2.69. The van der Waals surface area contributed by atoms with Gasteiger partial charge < -0.3 is 5.11 Å². The Morgan fingerprint density at radius 3 is 2.67 bits per heavy atom. The molecule has 1 N–H and O–H groups in total. The van der Waals surface area contributed by atoms with Crippen molar-refractivity contribution in [3.05, 3.63) is 46.8 Å². The molecule has 1 unspecified atom stereocenters. The zero-order valence-electron chi connectivity index (χ0n) is 8.21. The van der Waals surface area contributed by atoms with E-state index in [0.717, 1.165) is 5.36 Å². The maximum absolute atomic E-state index is 10.9. The molecular weight excluding hydrogens is 192 g/mol. The third-order valence-electron chi connectivity index (χ3n) is 2.21. The van der Waals surface area contributed by atoms with Crippen LogP contribution in [-0.2, 0) is 4.79 Å². The molecule has 1 aliphatic rings. The largest absolute Gasteiger partial charge is 0.479 e. The summed E-state index contributed by atoms with van der Waals surface area (Å²) in [4.78, 5) is 19.3. The molecule has 1 heterocycles. The van der Waals surface area contributed by atoms with Crippen molar-refractivity contribution < 1.29 is 9.90 Å². The predicted molar refractivity (Wildman–Crippen MR) is 53.9 cm³/mol. The van der Waals surface area contributed by atoms with Gasteiger partial charge in [0.25, 0.3) is 0 Å². The van der Waals surface area contributed by atoms with Gasteiger partial charge in [-0.2, -0.15) is 0 Å². The molecule has 2 rings (SSSR count). The van der Waals surface area contributed by atoms with Gasteiger partial charge in [-0.25, -0.2) is 9.79 Å². The van der Waals surface area contributed by atoms with Crippen molar-refractivity contribution in [3.8, 4) is 0 Å². The number of allylic oxidation sites excluding steroid dienone is 1. The fourth-order valence-electron chi connectivity index (χ4n) is 1.48. The number of aliphatic carboxylic acids is 1. The van der Waals surface area contributed by atoms with Crippen LogP contribution < -0.4 is 10.7 Å². The zero-order valence-corrected chi connectivity index (χ0v) is 8.21. The maximum atomic E-state index is 10.9. The second-order valence-corrected chi connectivity index (χ2v) is 3.18. The maximum Gasteiger partial charge on any atom is 0.334 e. The first-order valence-corrected chi connectivity index (χ1v) is 4.63. The molecule has 0 saturated carbocycles. The van der Waals surface area contributed by atoms with Gasteiger partial charge in [0.15, 0.2) is 6.04 Å². The van der Waals surface area contributed by atoms with Gasteiger partial charge >= 0.3 is 5.97 Å². The van der Waals surface area contributed by atoms with Crippen LogP contribution in [0.1, 0.15) is 6.92 Å². The number of nitrogens with zero attached hydrogens (tertiary/aromatic N) is 2. The van der Waals surface area contributed by atoms with Gasteiger partial charge in [-0.1, -0.05) is 18.2 Å². The van der Waals surface area contributed by atoms with Crippen LogP contribution >= 0.6 is 0 Å². The van der Waals surface area contributed by atoms with Crippen LogP contribution in [0.3, 0.4) is 0 Å². The number of hydrogen-bond acceptors (Lipinski definition) is 3. The first-order chi connectivity index (χ1) is 7.22. The number of carboxylic acids is 1. The third-order valence-corrected chi connectivity index (χ3v) is 2.21. The van der Waals surface area contributed by atoms with Crippen molar-refractivity contribution in [1.29, 1.82) is 0 Å². The fraction of sp³-hybridized carbons (Fsp3) is 0.182. The summed E-state index contributed by atoms with van der Waals surface area (Å²) in [6, 6.07) is 6.38. The molecule has 0 spiro atoms. The third kappa shape index (κ3) is 1.66. The van der Waals surface area contributed by atoms with Crippen molar-refractivity contribution in [3.63, 3.8) is 0 Å². The molecule has 4 heteroatoms. The summed E-state index contributed by atoms with van der Waals surface area (Å²) in [7, 11) is 0. The van der Waals surface area contributed by atoms with Gasteiger partial charge in [0.2, 0.25) is 0 Å². The zero-order chi connectivity index (χ0) is 10.8. The van der Waals surface area contributed by atoms with E-state index in [1.165, 1.54) is 0 Å². The summed E-state index contributed by atoms with van der Waals surface area (Å²) in [6.07, 6.45) is 1.68. The minimum Gasteiger partial charge on any atom is -0.479 e. The summed E-state index contributed by atoms with van der Waals surface area (Å²) >= 11 is 0. The summed E-state index contributed by atoms with van der Waals surface area (Å²) in [5.74, 6) is -0.971. The van der Waals surface area contributed by atoms with E-state index < -0.39 is 12.0 Å². The molecule has 1 aromatic rings. The highest BCUT2D eigenvalue weighted by Crippen LogP contribution is 2.09. The highest BCUT2D eigenvalue weighted by atomic mass is 16.4. The lowest BCUT2D eigenvalue weighted by Crippen LogP contribution is -2.35. The molecule has 0 fully saturated rings. The van der Waals surface area contributed by atoms with Crippen molar-refractivity contribution in [2.75, 3.05) is 0 Å². The van der Waals surface area contributed by atoms with Gasteiger partial charge in [0.05, 0.1) is 16.4 Å². The molecular formula is C11H10N2O2. The Hall–Kier alpha value is -1.97. The van der Waals surface area contributed by atoms with Crippen molar-refractivity contribution >= 4 is 5.97 Å².